The largest absolute Gasteiger partial charge is 0.300 e. The maximum absolute atomic E-state index is 11.6. The van der Waals surface area contributed by atoms with E-state index < -0.39 is 0 Å². The Labute approximate surface area is 80.0 Å². The van der Waals surface area contributed by atoms with Crippen molar-refractivity contribution in [3.63, 3.8) is 0 Å². The minimum atomic E-state index is -0.362. The number of hydrogen-bond acceptors (Lipinski definition) is 3. The third-order valence-corrected chi connectivity index (χ3v) is 2.49. The van der Waals surface area contributed by atoms with Crippen molar-refractivity contribution in [2.24, 2.45) is 0 Å². The molecule has 0 atom stereocenters. The Bertz CT molecular complexity index is 221. The molecule has 1 heterocycles. The predicted molar refractivity (Wildman–Crippen MR) is 51.2 cm³/mol. The topological polar surface area (TPSA) is 29.5 Å². The molecule has 0 aromatic rings. The van der Waals surface area contributed by atoms with Crippen LogP contribution in [0.5, 0.6) is 0 Å². The van der Waals surface area contributed by atoms with Crippen molar-refractivity contribution in [1.29, 1.82) is 0 Å². The van der Waals surface area contributed by atoms with Crippen LogP contribution in [0.3, 0.4) is 0 Å². The molecule has 1 fully saturated rings. The lowest BCUT2D eigenvalue weighted by Gasteiger charge is -2.35. The molecule has 13 heavy (non-hydrogen) atoms. The average molecular weight is 185 g/mol. The van der Waals surface area contributed by atoms with Crippen molar-refractivity contribution in [1.82, 2.24) is 5.06 Å². The third kappa shape index (κ3) is 2.51. The number of ketones is 1. The van der Waals surface area contributed by atoms with E-state index in [1.165, 1.54) is 0 Å². The predicted octanol–water partition coefficient (Wildman–Crippen LogP) is 1.77. The summed E-state index contributed by atoms with van der Waals surface area (Å²) in [6.07, 6.45) is 1.06. The second kappa shape index (κ2) is 3.07. The molecule has 1 aliphatic heterocycles. The number of carbonyl (C=O) groups is 1. The van der Waals surface area contributed by atoms with Gasteiger partial charge in [0, 0.05) is 25.4 Å². The number of Topliss-reactive ketones (excluding diaryl/α,β-unsaturated/α-hetero) is 1. The van der Waals surface area contributed by atoms with Gasteiger partial charge in [0.1, 0.15) is 5.78 Å². The van der Waals surface area contributed by atoms with Gasteiger partial charge >= 0.3 is 0 Å². The van der Waals surface area contributed by atoms with Gasteiger partial charge in [-0.25, -0.2) is 0 Å². The molecule has 0 unspecified atom stereocenters. The maximum atomic E-state index is 11.6. The van der Waals surface area contributed by atoms with Crippen molar-refractivity contribution < 1.29 is 9.63 Å². The van der Waals surface area contributed by atoms with Crippen molar-refractivity contribution >= 4 is 5.78 Å². The Kier molecular flexibility index (Phi) is 2.52. The van der Waals surface area contributed by atoms with E-state index in [1.54, 1.807) is 5.06 Å². The summed E-state index contributed by atoms with van der Waals surface area (Å²) in [5.41, 5.74) is -0.551. The summed E-state index contributed by atoms with van der Waals surface area (Å²) in [6, 6.07) is 0. The molecule has 0 N–H and O–H groups in total. The van der Waals surface area contributed by atoms with E-state index in [0.29, 0.717) is 12.8 Å². The second-order valence-electron chi connectivity index (χ2n) is 5.05. The van der Waals surface area contributed by atoms with Crippen LogP contribution in [0, 0.1) is 0 Å². The fraction of sp³-hybridized carbons (Fsp3) is 0.900. The van der Waals surface area contributed by atoms with Gasteiger partial charge in [-0.15, -0.1) is 0 Å². The van der Waals surface area contributed by atoms with Gasteiger partial charge in [0.25, 0.3) is 0 Å². The standard InChI is InChI=1S/C10H19NO2/c1-9(2)6-8(12)7-10(3,4)13-11(9)5/h6-7H2,1-5H3. The molecule has 76 valence electrons. The van der Waals surface area contributed by atoms with Crippen LogP contribution < -0.4 is 0 Å². The van der Waals surface area contributed by atoms with Crippen molar-refractivity contribution in [3.05, 3.63) is 0 Å². The Morgan fingerprint density at radius 1 is 1.23 bits per heavy atom. The molecule has 1 rings (SSSR count). The van der Waals surface area contributed by atoms with Crippen LogP contribution in [0.25, 0.3) is 0 Å². The van der Waals surface area contributed by atoms with Gasteiger partial charge in [-0.2, -0.15) is 5.06 Å². The van der Waals surface area contributed by atoms with Gasteiger partial charge in [-0.1, -0.05) is 0 Å². The molecular formula is C10H19NO2. The normalized spacial score (nSPS) is 28.5. The molecule has 0 aliphatic carbocycles. The van der Waals surface area contributed by atoms with Gasteiger partial charge in [-0.3, -0.25) is 9.63 Å². The minimum absolute atomic E-state index is 0.190. The van der Waals surface area contributed by atoms with Crippen LogP contribution in [0.1, 0.15) is 40.5 Å². The molecule has 0 bridgehead atoms. The summed E-state index contributed by atoms with van der Waals surface area (Å²) < 4.78 is 0. The molecule has 1 aliphatic rings. The molecule has 0 aromatic heterocycles. The molecule has 0 aromatic carbocycles. The molecule has 0 spiro atoms. The number of hydrogen-bond donors (Lipinski definition) is 0. The molecule has 0 amide bonds. The molecule has 3 heteroatoms. The smallest absolute Gasteiger partial charge is 0.137 e. The highest BCUT2D eigenvalue weighted by atomic mass is 16.7. The van der Waals surface area contributed by atoms with Gasteiger partial charge in [0.05, 0.1) is 5.60 Å². The van der Waals surface area contributed by atoms with E-state index in [2.05, 4.69) is 0 Å². The van der Waals surface area contributed by atoms with E-state index in [9.17, 15) is 4.79 Å². The zero-order valence-electron chi connectivity index (χ0n) is 9.18. The van der Waals surface area contributed by atoms with Crippen LogP contribution in [-0.2, 0) is 9.63 Å². The quantitative estimate of drug-likeness (QED) is 0.576. The summed E-state index contributed by atoms with van der Waals surface area (Å²) in [5, 5.41) is 1.80. The summed E-state index contributed by atoms with van der Waals surface area (Å²) >= 11 is 0. The van der Waals surface area contributed by atoms with Gasteiger partial charge in [-0.05, 0) is 27.7 Å². The van der Waals surface area contributed by atoms with Gasteiger partial charge < -0.3 is 0 Å². The monoisotopic (exact) mass is 185 g/mol. The molecule has 0 radical (unpaired) electrons. The molecular weight excluding hydrogens is 166 g/mol. The number of nitrogens with zero attached hydrogens (tertiary/aromatic N) is 1. The van der Waals surface area contributed by atoms with Gasteiger partial charge in [0.2, 0.25) is 0 Å². The number of rotatable bonds is 0. The summed E-state index contributed by atoms with van der Waals surface area (Å²) in [5.74, 6) is 0.277. The average Bonchev–Trinajstić information content (AvgIpc) is 1.85. The van der Waals surface area contributed by atoms with Crippen LogP contribution in [0.2, 0.25) is 0 Å². The number of hydroxylamine groups is 2. The molecule has 1 saturated heterocycles. The fourth-order valence-electron chi connectivity index (χ4n) is 1.66. The van der Waals surface area contributed by atoms with Crippen molar-refractivity contribution in [2.75, 3.05) is 7.05 Å². The maximum Gasteiger partial charge on any atom is 0.137 e. The Morgan fingerprint density at radius 2 is 1.77 bits per heavy atom. The molecule has 0 saturated carbocycles. The van der Waals surface area contributed by atoms with E-state index in [0.717, 1.165) is 0 Å². The van der Waals surface area contributed by atoms with E-state index in [4.69, 9.17) is 4.84 Å². The molecule has 3 nitrogen and oxygen atoms in total. The zero-order chi connectivity index (χ0) is 10.3. The Morgan fingerprint density at radius 3 is 2.31 bits per heavy atom. The fourth-order valence-corrected chi connectivity index (χ4v) is 1.66. The lowest BCUT2D eigenvalue weighted by atomic mass is 9.93. The zero-order valence-corrected chi connectivity index (χ0v) is 9.18. The van der Waals surface area contributed by atoms with Crippen molar-refractivity contribution in [2.45, 2.75) is 51.7 Å². The van der Waals surface area contributed by atoms with Crippen LogP contribution in [0.15, 0.2) is 0 Å². The summed E-state index contributed by atoms with van der Waals surface area (Å²) in [4.78, 5) is 17.2. The first-order valence-electron chi connectivity index (χ1n) is 4.68. The SMILES string of the molecule is CN1OC(C)(C)CC(=O)CC1(C)C. The highest BCUT2D eigenvalue weighted by molar-refractivity contribution is 5.80. The highest BCUT2D eigenvalue weighted by Gasteiger charge is 2.38. The minimum Gasteiger partial charge on any atom is -0.300 e. The van der Waals surface area contributed by atoms with Crippen LogP contribution in [-0.4, -0.2) is 29.0 Å². The summed E-state index contributed by atoms with van der Waals surface area (Å²) in [6.45, 7) is 7.93. The third-order valence-electron chi connectivity index (χ3n) is 2.49. The first kappa shape index (κ1) is 10.7. The lowest BCUT2D eigenvalue weighted by molar-refractivity contribution is -0.253. The first-order chi connectivity index (χ1) is 5.73. The van der Waals surface area contributed by atoms with Gasteiger partial charge in [0.15, 0.2) is 0 Å². The second-order valence-corrected chi connectivity index (χ2v) is 5.05. The van der Waals surface area contributed by atoms with E-state index >= 15 is 0 Å². The van der Waals surface area contributed by atoms with E-state index in [1.807, 2.05) is 34.7 Å². The highest BCUT2D eigenvalue weighted by Crippen LogP contribution is 2.29. The Balaban J connectivity index is 2.87. The van der Waals surface area contributed by atoms with E-state index in [-0.39, 0.29) is 16.9 Å². The number of carbonyl (C=O) groups excluding carboxylic acids is 1. The lowest BCUT2D eigenvalue weighted by Crippen LogP contribution is -2.43. The van der Waals surface area contributed by atoms with Crippen LogP contribution >= 0.6 is 0 Å². The van der Waals surface area contributed by atoms with Crippen LogP contribution in [0.4, 0.5) is 0 Å². The Hall–Kier alpha value is -0.410. The van der Waals surface area contributed by atoms with Crippen molar-refractivity contribution in [3.8, 4) is 0 Å². The summed E-state index contributed by atoms with van der Waals surface area (Å²) in [7, 11) is 1.89. The first-order valence-corrected chi connectivity index (χ1v) is 4.68.